The largest absolute Gasteiger partial charge is 0.458 e. The van der Waals surface area contributed by atoms with Crippen molar-refractivity contribution in [1.82, 2.24) is 0 Å². The Hall–Kier alpha value is -1.58. The standard InChI is InChI=1S/C14H20FNO2/c1-9-6-7-12(11(15)8-9)16-10(2)13(17)18-14(3,4)5/h6-8,10,16H,1-5H3. The minimum absolute atomic E-state index is 0.305. The van der Waals surface area contributed by atoms with Crippen LogP contribution in [0.3, 0.4) is 0 Å². The second kappa shape index (κ2) is 5.38. The van der Waals surface area contributed by atoms with Gasteiger partial charge in [0.2, 0.25) is 0 Å². The Bertz CT molecular complexity index is 438. The lowest BCUT2D eigenvalue weighted by atomic mass is 10.2. The summed E-state index contributed by atoms with van der Waals surface area (Å²) in [6, 6.07) is 4.23. The average molecular weight is 253 g/mol. The van der Waals surface area contributed by atoms with Gasteiger partial charge in [-0.25, -0.2) is 9.18 Å². The molecule has 0 spiro atoms. The molecule has 0 fully saturated rings. The average Bonchev–Trinajstić information content (AvgIpc) is 2.19. The van der Waals surface area contributed by atoms with Crippen molar-refractivity contribution in [2.24, 2.45) is 0 Å². The van der Waals surface area contributed by atoms with E-state index in [1.54, 1.807) is 39.8 Å². The second-order valence-corrected chi connectivity index (χ2v) is 5.38. The molecule has 4 heteroatoms. The zero-order valence-corrected chi connectivity index (χ0v) is 11.5. The van der Waals surface area contributed by atoms with Crippen molar-refractivity contribution < 1.29 is 13.9 Å². The predicted molar refractivity (Wildman–Crippen MR) is 70.1 cm³/mol. The van der Waals surface area contributed by atoms with Gasteiger partial charge < -0.3 is 10.1 Å². The van der Waals surface area contributed by atoms with Crippen molar-refractivity contribution in [3.05, 3.63) is 29.6 Å². The summed E-state index contributed by atoms with van der Waals surface area (Å²) in [7, 11) is 0. The molecule has 0 saturated heterocycles. The summed E-state index contributed by atoms with van der Waals surface area (Å²) in [6.45, 7) is 8.84. The third-order valence-electron chi connectivity index (χ3n) is 2.26. The number of nitrogens with one attached hydrogen (secondary N) is 1. The second-order valence-electron chi connectivity index (χ2n) is 5.38. The molecular formula is C14H20FNO2. The molecule has 1 aromatic carbocycles. The number of carbonyl (C=O) groups is 1. The molecule has 0 aliphatic heterocycles. The molecule has 0 heterocycles. The number of hydrogen-bond acceptors (Lipinski definition) is 3. The van der Waals surface area contributed by atoms with E-state index in [4.69, 9.17) is 4.74 Å². The number of rotatable bonds is 3. The van der Waals surface area contributed by atoms with Gasteiger partial charge in [0.15, 0.2) is 0 Å². The van der Waals surface area contributed by atoms with E-state index in [0.29, 0.717) is 5.69 Å². The van der Waals surface area contributed by atoms with E-state index < -0.39 is 17.6 Å². The summed E-state index contributed by atoms with van der Waals surface area (Å²) in [6.07, 6.45) is 0. The maximum absolute atomic E-state index is 13.6. The summed E-state index contributed by atoms with van der Waals surface area (Å²) in [5.41, 5.74) is 0.598. The Balaban J connectivity index is 2.69. The van der Waals surface area contributed by atoms with Crippen molar-refractivity contribution in [2.75, 3.05) is 5.32 Å². The van der Waals surface area contributed by atoms with E-state index in [9.17, 15) is 9.18 Å². The van der Waals surface area contributed by atoms with Crippen molar-refractivity contribution in [3.8, 4) is 0 Å². The van der Waals surface area contributed by atoms with Crippen LogP contribution < -0.4 is 5.32 Å². The van der Waals surface area contributed by atoms with Crippen LogP contribution in [-0.4, -0.2) is 17.6 Å². The summed E-state index contributed by atoms with van der Waals surface area (Å²) in [4.78, 5) is 11.7. The molecule has 0 aliphatic rings. The Morgan fingerprint density at radius 2 is 2.00 bits per heavy atom. The van der Waals surface area contributed by atoms with Crippen LogP contribution in [0.5, 0.6) is 0 Å². The summed E-state index contributed by atoms with van der Waals surface area (Å²) in [5.74, 6) is -0.770. The zero-order valence-electron chi connectivity index (χ0n) is 11.5. The predicted octanol–water partition coefficient (Wildman–Crippen LogP) is 3.28. The minimum Gasteiger partial charge on any atom is -0.458 e. The van der Waals surface area contributed by atoms with E-state index in [1.807, 2.05) is 6.92 Å². The highest BCUT2D eigenvalue weighted by atomic mass is 19.1. The highest BCUT2D eigenvalue weighted by Crippen LogP contribution is 2.17. The van der Waals surface area contributed by atoms with Gasteiger partial charge >= 0.3 is 5.97 Å². The molecule has 0 aliphatic carbocycles. The van der Waals surface area contributed by atoms with Crippen molar-refractivity contribution >= 4 is 11.7 Å². The van der Waals surface area contributed by atoms with Gasteiger partial charge in [0.05, 0.1) is 5.69 Å². The van der Waals surface area contributed by atoms with Crippen LogP contribution in [0, 0.1) is 12.7 Å². The first-order chi connectivity index (χ1) is 8.19. The topological polar surface area (TPSA) is 38.3 Å². The molecular weight excluding hydrogens is 233 g/mol. The number of benzene rings is 1. The monoisotopic (exact) mass is 253 g/mol. The fraction of sp³-hybridized carbons (Fsp3) is 0.500. The third kappa shape index (κ3) is 4.35. The first kappa shape index (κ1) is 14.5. The van der Waals surface area contributed by atoms with Crippen LogP contribution in [0.25, 0.3) is 0 Å². The maximum Gasteiger partial charge on any atom is 0.328 e. The number of anilines is 1. The highest BCUT2D eigenvalue weighted by Gasteiger charge is 2.22. The lowest BCUT2D eigenvalue weighted by Gasteiger charge is -2.23. The number of ether oxygens (including phenoxy) is 1. The molecule has 1 aromatic rings. The number of esters is 1. The molecule has 3 nitrogen and oxygen atoms in total. The quantitative estimate of drug-likeness (QED) is 0.840. The molecule has 1 atom stereocenters. The van der Waals surface area contributed by atoms with E-state index >= 15 is 0 Å². The number of hydrogen-bond donors (Lipinski definition) is 1. The Labute approximate surface area is 107 Å². The smallest absolute Gasteiger partial charge is 0.328 e. The molecule has 0 saturated carbocycles. The summed E-state index contributed by atoms with van der Waals surface area (Å²) in [5, 5.41) is 2.81. The fourth-order valence-corrected chi connectivity index (χ4v) is 1.42. The van der Waals surface area contributed by atoms with E-state index in [1.165, 1.54) is 6.07 Å². The normalized spacial score (nSPS) is 13.0. The lowest BCUT2D eigenvalue weighted by Crippen LogP contribution is -2.34. The van der Waals surface area contributed by atoms with Gasteiger partial charge in [-0.15, -0.1) is 0 Å². The molecule has 0 radical (unpaired) electrons. The Morgan fingerprint density at radius 3 is 2.50 bits per heavy atom. The lowest BCUT2D eigenvalue weighted by molar-refractivity contribution is -0.155. The summed E-state index contributed by atoms with van der Waals surface area (Å²) >= 11 is 0. The van der Waals surface area contributed by atoms with Gasteiger partial charge in [0.1, 0.15) is 17.5 Å². The number of carbonyl (C=O) groups excluding carboxylic acids is 1. The highest BCUT2D eigenvalue weighted by molar-refractivity contribution is 5.79. The van der Waals surface area contributed by atoms with Crippen LogP contribution in [0.1, 0.15) is 33.3 Å². The molecule has 0 bridgehead atoms. The molecule has 0 aromatic heterocycles. The molecule has 1 rings (SSSR count). The fourth-order valence-electron chi connectivity index (χ4n) is 1.42. The van der Waals surface area contributed by atoms with Crippen LogP contribution in [0.2, 0.25) is 0 Å². The van der Waals surface area contributed by atoms with Crippen LogP contribution >= 0.6 is 0 Å². The zero-order chi connectivity index (χ0) is 13.9. The molecule has 18 heavy (non-hydrogen) atoms. The van der Waals surface area contributed by atoms with E-state index in [2.05, 4.69) is 5.32 Å². The summed E-state index contributed by atoms with van der Waals surface area (Å²) < 4.78 is 18.8. The van der Waals surface area contributed by atoms with Gasteiger partial charge in [-0.2, -0.15) is 0 Å². The van der Waals surface area contributed by atoms with Gasteiger partial charge in [-0.3, -0.25) is 0 Å². The molecule has 1 N–H and O–H groups in total. The van der Waals surface area contributed by atoms with Crippen LogP contribution in [-0.2, 0) is 9.53 Å². The van der Waals surface area contributed by atoms with Gasteiger partial charge in [-0.1, -0.05) is 6.07 Å². The van der Waals surface area contributed by atoms with Crippen molar-refractivity contribution in [2.45, 2.75) is 46.3 Å². The Morgan fingerprint density at radius 1 is 1.39 bits per heavy atom. The Kier molecular flexibility index (Phi) is 4.33. The van der Waals surface area contributed by atoms with E-state index in [-0.39, 0.29) is 5.82 Å². The SMILES string of the molecule is Cc1ccc(NC(C)C(=O)OC(C)(C)C)c(F)c1. The van der Waals surface area contributed by atoms with Crippen molar-refractivity contribution in [1.29, 1.82) is 0 Å². The first-order valence-corrected chi connectivity index (χ1v) is 5.94. The third-order valence-corrected chi connectivity index (χ3v) is 2.26. The van der Waals surface area contributed by atoms with E-state index in [0.717, 1.165) is 5.56 Å². The first-order valence-electron chi connectivity index (χ1n) is 5.94. The molecule has 100 valence electrons. The van der Waals surface area contributed by atoms with Gasteiger partial charge in [0.25, 0.3) is 0 Å². The minimum atomic E-state index is -0.596. The maximum atomic E-state index is 13.6. The van der Waals surface area contributed by atoms with Crippen LogP contribution in [0.4, 0.5) is 10.1 Å². The molecule has 1 unspecified atom stereocenters. The number of aryl methyl sites for hydroxylation is 1. The van der Waals surface area contributed by atoms with Crippen molar-refractivity contribution in [3.63, 3.8) is 0 Å². The van der Waals surface area contributed by atoms with Gasteiger partial charge in [-0.05, 0) is 52.3 Å². The van der Waals surface area contributed by atoms with Gasteiger partial charge in [0, 0.05) is 0 Å². The molecule has 0 amide bonds. The number of halogens is 1. The van der Waals surface area contributed by atoms with Crippen LogP contribution in [0.15, 0.2) is 18.2 Å².